The first kappa shape index (κ1) is 35.1. The SMILES string of the molecule is NCCCCC(N)C(=O)NC(Cc1c[nH]c2ccccc12)C(=O)NC(CCCCN)C(=O)NC(Cc1c[nH]c2ccccc12)C(=O)O. The number of carbonyl (C=O) groups is 4. The number of para-hydroxylation sites is 2. The molecule has 4 atom stereocenters. The van der Waals surface area contributed by atoms with Gasteiger partial charge in [0.05, 0.1) is 6.04 Å². The van der Waals surface area contributed by atoms with Crippen LogP contribution in [-0.4, -0.2) is 76.0 Å². The average molecular weight is 647 g/mol. The molecule has 0 radical (unpaired) electrons. The predicted octanol–water partition coefficient (Wildman–Crippen LogP) is 1.56. The Bertz CT molecular complexity index is 1650. The summed E-state index contributed by atoms with van der Waals surface area (Å²) in [5.41, 5.74) is 20.7. The third-order valence-corrected chi connectivity index (χ3v) is 8.33. The van der Waals surface area contributed by atoms with Gasteiger partial charge >= 0.3 is 5.97 Å². The number of aromatic nitrogens is 2. The van der Waals surface area contributed by atoms with Crippen LogP contribution in [-0.2, 0) is 32.0 Å². The number of nitrogens with two attached hydrogens (primary N) is 3. The fourth-order valence-electron chi connectivity index (χ4n) is 5.67. The van der Waals surface area contributed by atoms with Gasteiger partial charge in [-0.3, -0.25) is 14.4 Å². The Kier molecular flexibility index (Phi) is 12.9. The van der Waals surface area contributed by atoms with Crippen molar-refractivity contribution in [3.05, 3.63) is 72.1 Å². The summed E-state index contributed by atoms with van der Waals surface area (Å²) in [5, 5.41) is 20.0. The molecule has 0 bridgehead atoms. The molecule has 0 fully saturated rings. The number of carboxylic acid groups (broad SMARTS) is 1. The number of H-pyrrole nitrogens is 2. The second-order valence-corrected chi connectivity index (χ2v) is 11.8. The summed E-state index contributed by atoms with van der Waals surface area (Å²) in [6.07, 6.45) is 6.81. The quantitative estimate of drug-likeness (QED) is 0.0677. The molecule has 4 rings (SSSR count). The van der Waals surface area contributed by atoms with Gasteiger partial charge < -0.3 is 48.2 Å². The zero-order valence-corrected chi connectivity index (χ0v) is 26.5. The van der Waals surface area contributed by atoms with Crippen molar-refractivity contribution in [1.82, 2.24) is 25.9 Å². The molecule has 0 aliphatic rings. The van der Waals surface area contributed by atoms with Gasteiger partial charge in [0.15, 0.2) is 0 Å². The molecule has 252 valence electrons. The van der Waals surface area contributed by atoms with Gasteiger partial charge in [-0.25, -0.2) is 4.79 Å². The van der Waals surface area contributed by atoms with Crippen LogP contribution in [0.4, 0.5) is 0 Å². The largest absolute Gasteiger partial charge is 0.480 e. The van der Waals surface area contributed by atoms with Crippen LogP contribution in [0.5, 0.6) is 0 Å². The number of unbranched alkanes of at least 4 members (excludes halogenated alkanes) is 2. The van der Waals surface area contributed by atoms with Crippen molar-refractivity contribution in [1.29, 1.82) is 0 Å². The molecule has 3 amide bonds. The third kappa shape index (κ3) is 9.64. The van der Waals surface area contributed by atoms with Crippen LogP contribution >= 0.6 is 0 Å². The minimum absolute atomic E-state index is 0.0375. The number of aliphatic carboxylic acids is 1. The van der Waals surface area contributed by atoms with E-state index in [0.29, 0.717) is 38.8 Å². The summed E-state index contributed by atoms with van der Waals surface area (Å²) in [6.45, 7) is 0.875. The smallest absolute Gasteiger partial charge is 0.326 e. The van der Waals surface area contributed by atoms with Crippen molar-refractivity contribution in [3.63, 3.8) is 0 Å². The van der Waals surface area contributed by atoms with Crippen molar-refractivity contribution in [2.24, 2.45) is 17.2 Å². The van der Waals surface area contributed by atoms with Crippen molar-refractivity contribution in [3.8, 4) is 0 Å². The highest BCUT2D eigenvalue weighted by Gasteiger charge is 2.31. The zero-order valence-electron chi connectivity index (χ0n) is 26.5. The summed E-state index contributed by atoms with van der Waals surface area (Å²) in [7, 11) is 0. The van der Waals surface area contributed by atoms with E-state index in [4.69, 9.17) is 17.2 Å². The van der Waals surface area contributed by atoms with Gasteiger partial charge in [-0.15, -0.1) is 0 Å². The van der Waals surface area contributed by atoms with E-state index >= 15 is 0 Å². The number of aromatic amines is 2. The molecule has 2 heterocycles. The van der Waals surface area contributed by atoms with Gasteiger partial charge in [0.2, 0.25) is 17.7 Å². The maximum absolute atomic E-state index is 13.9. The maximum atomic E-state index is 13.9. The maximum Gasteiger partial charge on any atom is 0.326 e. The fourth-order valence-corrected chi connectivity index (χ4v) is 5.67. The van der Waals surface area contributed by atoms with Crippen LogP contribution < -0.4 is 33.2 Å². The number of amides is 3. The lowest BCUT2D eigenvalue weighted by molar-refractivity contribution is -0.142. The molecule has 2 aromatic heterocycles. The van der Waals surface area contributed by atoms with Gasteiger partial charge in [-0.2, -0.15) is 0 Å². The minimum Gasteiger partial charge on any atom is -0.480 e. The number of rotatable bonds is 19. The lowest BCUT2D eigenvalue weighted by atomic mass is 10.0. The molecule has 0 spiro atoms. The molecule has 13 nitrogen and oxygen atoms in total. The van der Waals surface area contributed by atoms with Crippen LogP contribution in [0.15, 0.2) is 60.9 Å². The number of hydrogen-bond donors (Lipinski definition) is 9. The molecule has 0 aliphatic carbocycles. The number of fused-ring (bicyclic) bond motifs is 2. The van der Waals surface area contributed by atoms with Gasteiger partial charge in [-0.1, -0.05) is 42.8 Å². The van der Waals surface area contributed by atoms with E-state index in [1.807, 2.05) is 48.5 Å². The minimum atomic E-state index is -1.25. The van der Waals surface area contributed by atoms with Crippen LogP contribution in [0.25, 0.3) is 21.8 Å². The summed E-state index contributed by atoms with van der Waals surface area (Å²) < 4.78 is 0. The first-order valence-electron chi connectivity index (χ1n) is 16.1. The summed E-state index contributed by atoms with van der Waals surface area (Å²) in [6, 6.07) is 10.9. The lowest BCUT2D eigenvalue weighted by Crippen LogP contribution is -2.57. The average Bonchev–Trinajstić information content (AvgIpc) is 3.67. The number of hydrogen-bond acceptors (Lipinski definition) is 7. The van der Waals surface area contributed by atoms with Crippen molar-refractivity contribution in [2.45, 2.75) is 75.5 Å². The Hall–Kier alpha value is -4.72. The number of carboxylic acids is 1. The van der Waals surface area contributed by atoms with E-state index in [0.717, 1.165) is 39.4 Å². The molecule has 13 heteroatoms. The van der Waals surface area contributed by atoms with Crippen LogP contribution in [0.2, 0.25) is 0 Å². The van der Waals surface area contributed by atoms with Crippen LogP contribution in [0.3, 0.4) is 0 Å². The summed E-state index contributed by atoms with van der Waals surface area (Å²) in [5.74, 6) is -2.92. The number of benzene rings is 2. The molecule has 4 aromatic rings. The highest BCUT2D eigenvalue weighted by Crippen LogP contribution is 2.21. The van der Waals surface area contributed by atoms with Crippen molar-refractivity contribution < 1.29 is 24.3 Å². The van der Waals surface area contributed by atoms with Gasteiger partial charge in [0.25, 0.3) is 0 Å². The Labute approximate surface area is 273 Å². The second-order valence-electron chi connectivity index (χ2n) is 11.8. The van der Waals surface area contributed by atoms with Crippen molar-refractivity contribution >= 4 is 45.5 Å². The second kappa shape index (κ2) is 17.3. The van der Waals surface area contributed by atoms with E-state index in [9.17, 15) is 24.3 Å². The van der Waals surface area contributed by atoms with Gasteiger partial charge in [0.1, 0.15) is 18.1 Å². The topological polar surface area (TPSA) is 234 Å². The Balaban J connectivity index is 1.53. The predicted molar refractivity (Wildman–Crippen MR) is 181 cm³/mol. The molecule has 2 aromatic carbocycles. The molecule has 47 heavy (non-hydrogen) atoms. The van der Waals surface area contributed by atoms with E-state index in [1.165, 1.54) is 0 Å². The zero-order chi connectivity index (χ0) is 33.8. The van der Waals surface area contributed by atoms with E-state index in [-0.39, 0.29) is 19.3 Å². The van der Waals surface area contributed by atoms with Gasteiger partial charge in [-0.05, 0) is 68.5 Å². The molecule has 12 N–H and O–H groups in total. The Morgan fingerprint density at radius 2 is 1.11 bits per heavy atom. The highest BCUT2D eigenvalue weighted by atomic mass is 16.4. The first-order chi connectivity index (χ1) is 22.7. The van der Waals surface area contributed by atoms with Crippen molar-refractivity contribution in [2.75, 3.05) is 13.1 Å². The van der Waals surface area contributed by atoms with E-state index < -0.39 is 47.9 Å². The van der Waals surface area contributed by atoms with Gasteiger partial charge in [0, 0.05) is 47.0 Å². The molecule has 0 saturated carbocycles. The van der Waals surface area contributed by atoms with E-state index in [1.54, 1.807) is 12.4 Å². The third-order valence-electron chi connectivity index (χ3n) is 8.33. The molecule has 0 aliphatic heterocycles. The first-order valence-corrected chi connectivity index (χ1v) is 16.1. The summed E-state index contributed by atoms with van der Waals surface area (Å²) >= 11 is 0. The number of nitrogens with one attached hydrogen (secondary N) is 5. The number of carbonyl (C=O) groups excluding carboxylic acids is 3. The molecular formula is C34H46N8O5. The van der Waals surface area contributed by atoms with Crippen LogP contribution in [0.1, 0.15) is 49.7 Å². The normalized spacial score (nSPS) is 13.9. The van der Waals surface area contributed by atoms with Crippen LogP contribution in [0, 0.1) is 0 Å². The highest BCUT2D eigenvalue weighted by molar-refractivity contribution is 5.95. The molecule has 4 unspecified atom stereocenters. The fraction of sp³-hybridized carbons (Fsp3) is 0.412. The van der Waals surface area contributed by atoms with E-state index in [2.05, 4.69) is 25.9 Å². The Morgan fingerprint density at radius 1 is 0.638 bits per heavy atom. The Morgan fingerprint density at radius 3 is 1.66 bits per heavy atom. The standard InChI is InChI=1S/C34H46N8O5/c35-15-7-5-11-25(37)31(43)41-29(17-21-19-38-26-12-3-1-9-23(21)26)33(45)40-28(14-6-8-16-36)32(44)42-30(34(46)47)18-22-20-39-27-13-4-2-10-24(22)27/h1-4,9-10,12-13,19-20,25,28-30,38-39H,5-8,11,14-18,35-37H2,(H,40,45)(H,41,43)(H,42,44)(H,46,47). The lowest BCUT2D eigenvalue weighted by Gasteiger charge is -2.25. The summed E-state index contributed by atoms with van der Waals surface area (Å²) in [4.78, 5) is 59.2. The molecular weight excluding hydrogens is 600 g/mol. The molecule has 0 saturated heterocycles. The monoisotopic (exact) mass is 646 g/mol.